The van der Waals surface area contributed by atoms with Crippen molar-refractivity contribution in [3.05, 3.63) is 47.1 Å². The number of benzene rings is 1. The molecule has 1 saturated heterocycles. The Morgan fingerprint density at radius 2 is 1.48 bits per heavy atom. The third kappa shape index (κ3) is 9.69. The van der Waals surface area contributed by atoms with Crippen molar-refractivity contribution in [1.82, 2.24) is 9.29 Å². The van der Waals surface area contributed by atoms with Gasteiger partial charge in [-0.2, -0.15) is 12.7 Å². The molecule has 1 aliphatic heterocycles. The molecule has 0 bridgehead atoms. The molecule has 0 radical (unpaired) electrons. The molecule has 42 heavy (non-hydrogen) atoms. The first kappa shape index (κ1) is 36.1. The van der Waals surface area contributed by atoms with Gasteiger partial charge in [0, 0.05) is 30.9 Å². The van der Waals surface area contributed by atoms with E-state index in [-0.39, 0.29) is 42.5 Å². The summed E-state index contributed by atoms with van der Waals surface area (Å²) in [5.74, 6) is 0. The predicted octanol–water partition coefficient (Wildman–Crippen LogP) is 3.63. The number of nitrogens with zero attached hydrogens (tertiary/aromatic N) is 2. The van der Waals surface area contributed by atoms with Crippen molar-refractivity contribution in [2.45, 2.75) is 53.0 Å². The van der Waals surface area contributed by atoms with Crippen LogP contribution in [-0.4, -0.2) is 72.6 Å². The number of hydrogen-bond donors (Lipinski definition) is 1. The molecule has 1 aromatic carbocycles. The van der Waals surface area contributed by atoms with Crippen molar-refractivity contribution >= 4 is 41.9 Å². The van der Waals surface area contributed by atoms with E-state index in [0.29, 0.717) is 5.56 Å². The Bertz CT molecular complexity index is 1560. The van der Waals surface area contributed by atoms with Crippen molar-refractivity contribution < 1.29 is 64.4 Å². The summed E-state index contributed by atoms with van der Waals surface area (Å²) >= 11 is 6.12. The first-order chi connectivity index (χ1) is 18.9. The molecule has 1 fully saturated rings. The summed E-state index contributed by atoms with van der Waals surface area (Å²) in [5, 5.41) is -0.162. The van der Waals surface area contributed by atoms with Crippen LogP contribution in [0.25, 0.3) is 0 Å². The molecule has 0 atom stereocenters. The Labute approximate surface area is 240 Å². The fraction of sp³-hybridized carbons (Fsp3) is 0.450. The lowest BCUT2D eigenvalue weighted by molar-refractivity contribution is -0.302. The molecule has 0 spiro atoms. The van der Waals surface area contributed by atoms with Gasteiger partial charge in [-0.15, -0.1) is 34.7 Å². The molecule has 0 unspecified atom stereocenters. The number of sulfonamides is 1. The predicted molar refractivity (Wildman–Crippen MR) is 130 cm³/mol. The summed E-state index contributed by atoms with van der Waals surface area (Å²) in [5.41, 5.74) is 4.22. The minimum Gasteiger partial charge on any atom is -0.328 e. The molecular formula is C20H21ClF7N3O8S3. The van der Waals surface area contributed by atoms with Crippen molar-refractivity contribution in [3.63, 3.8) is 0 Å². The Morgan fingerprint density at radius 3 is 1.90 bits per heavy atom. The Hall–Kier alpha value is -2.14. The quantitative estimate of drug-likeness (QED) is 0.423. The van der Waals surface area contributed by atoms with Crippen LogP contribution in [0.2, 0.25) is 5.02 Å². The van der Waals surface area contributed by atoms with Gasteiger partial charge in [-0.05, 0) is 49.6 Å². The smallest absolute Gasteiger partial charge is 0.328 e. The third-order valence-electron chi connectivity index (χ3n) is 5.42. The van der Waals surface area contributed by atoms with E-state index in [0.717, 1.165) is 10.4 Å². The molecule has 0 aliphatic carbocycles. The largest absolute Gasteiger partial charge is 0.538 e. The van der Waals surface area contributed by atoms with Gasteiger partial charge < -0.3 is 5.73 Å². The number of piperidine rings is 1. The van der Waals surface area contributed by atoms with Crippen LogP contribution in [0.4, 0.5) is 30.7 Å². The lowest BCUT2D eigenvalue weighted by atomic mass is 9.95. The van der Waals surface area contributed by atoms with Crippen LogP contribution in [0, 0.1) is 6.92 Å². The van der Waals surface area contributed by atoms with Gasteiger partial charge in [-0.25, -0.2) is 26.2 Å². The van der Waals surface area contributed by atoms with Crippen LogP contribution in [0.1, 0.15) is 18.4 Å². The number of nitrogens with two attached hydrogens (primary N) is 1. The van der Waals surface area contributed by atoms with Crippen LogP contribution in [-0.2, 0) is 38.6 Å². The topological polar surface area (TPSA) is 163 Å². The molecule has 0 saturated carbocycles. The summed E-state index contributed by atoms with van der Waals surface area (Å²) in [4.78, 5) is 3.00. The van der Waals surface area contributed by atoms with Crippen molar-refractivity contribution in [3.8, 4) is 0 Å². The van der Waals surface area contributed by atoms with E-state index in [1.165, 1.54) is 24.4 Å². The summed E-state index contributed by atoms with van der Waals surface area (Å²) in [6.45, 7) is 1.17. The number of hydrogen-bond acceptors (Lipinski definition) is 10. The Balaban J connectivity index is 0.000000401. The summed E-state index contributed by atoms with van der Waals surface area (Å²) in [7, 11) is -14.6. The highest BCUT2D eigenvalue weighted by Crippen LogP contribution is 2.35. The Kier molecular flexibility index (Phi) is 11.0. The maximum Gasteiger partial charge on any atom is 0.538 e. The second-order valence-electron chi connectivity index (χ2n) is 8.45. The van der Waals surface area contributed by atoms with Gasteiger partial charge in [-0.3, -0.25) is 0 Å². The molecule has 0 amide bonds. The molecule has 238 valence electrons. The average molecular weight is 696 g/mol. The minimum absolute atomic E-state index is 0.0648. The zero-order chi connectivity index (χ0) is 32.4. The second-order valence-corrected chi connectivity index (χ2v) is 13.8. The molecule has 3 rings (SSSR count). The molecule has 1 aromatic heterocycles. The first-order valence-corrected chi connectivity index (χ1v) is 15.7. The maximum absolute atomic E-state index is 14.4. The van der Waals surface area contributed by atoms with E-state index in [4.69, 9.17) is 17.3 Å². The molecule has 1 aliphatic rings. The summed E-state index contributed by atoms with van der Waals surface area (Å²) in [6, 6.07) is 6.69. The normalized spacial score (nSPS) is 16.9. The molecule has 2 aromatic rings. The fourth-order valence-corrected chi connectivity index (χ4v) is 7.62. The first-order valence-electron chi connectivity index (χ1n) is 11.1. The summed E-state index contributed by atoms with van der Waals surface area (Å²) < 4.78 is 158. The van der Waals surface area contributed by atoms with E-state index >= 15 is 0 Å². The number of pyridine rings is 1. The van der Waals surface area contributed by atoms with Gasteiger partial charge in [0.15, 0.2) is 5.03 Å². The summed E-state index contributed by atoms with van der Waals surface area (Å²) in [6.07, 6.45) is -10.3. The van der Waals surface area contributed by atoms with E-state index in [2.05, 4.69) is 4.98 Å². The molecule has 11 nitrogen and oxygen atoms in total. The van der Waals surface area contributed by atoms with Gasteiger partial charge in [0.2, 0.25) is 19.9 Å². The van der Waals surface area contributed by atoms with Crippen molar-refractivity contribution in [2.75, 3.05) is 19.6 Å². The lowest BCUT2D eigenvalue weighted by Gasteiger charge is -2.35. The van der Waals surface area contributed by atoms with E-state index in [1.54, 1.807) is 13.0 Å². The molecule has 2 N–H and O–H groups in total. The third-order valence-corrected chi connectivity index (χ3v) is 10.4. The zero-order valence-electron chi connectivity index (χ0n) is 21.0. The van der Waals surface area contributed by atoms with E-state index in [9.17, 15) is 56.0 Å². The maximum atomic E-state index is 14.4. The monoisotopic (exact) mass is 695 g/mol. The van der Waals surface area contributed by atoms with Crippen molar-refractivity contribution in [2.24, 2.45) is 5.73 Å². The number of rotatable bonds is 7. The fourth-order valence-electron chi connectivity index (χ4n) is 3.39. The Morgan fingerprint density at radius 1 is 0.952 bits per heavy atom. The van der Waals surface area contributed by atoms with Gasteiger partial charge in [0.05, 0.1) is 4.90 Å². The number of aryl methyl sites for hydroxylation is 1. The van der Waals surface area contributed by atoms with Gasteiger partial charge in [0.1, 0.15) is 10.6 Å². The molecule has 22 heteroatoms. The van der Waals surface area contributed by atoms with E-state index in [1.807, 2.05) is 8.37 Å². The van der Waals surface area contributed by atoms with Gasteiger partial charge in [0.25, 0.3) is 0 Å². The van der Waals surface area contributed by atoms with Crippen LogP contribution >= 0.6 is 11.6 Å². The minimum atomic E-state index is -6.15. The number of sulfone groups is 1. The molecule has 2 heterocycles. The number of aromatic nitrogens is 1. The van der Waals surface area contributed by atoms with Gasteiger partial charge in [-0.1, -0.05) is 17.7 Å². The SMILES string of the molecule is Cc1cc(S(=O)(=O)c2ccccn2)c(S(=O)(=O)N2CCC(F)(CN)CC2)cc1Cl.O=S(=O)(OC(F)(F)F)OC(F)(F)F. The average Bonchev–Trinajstić information content (AvgIpc) is 2.83. The van der Waals surface area contributed by atoms with Crippen LogP contribution in [0.3, 0.4) is 0 Å². The molecular weight excluding hydrogens is 675 g/mol. The zero-order valence-corrected chi connectivity index (χ0v) is 24.2. The second kappa shape index (κ2) is 12.8. The van der Waals surface area contributed by atoms with Crippen LogP contribution < -0.4 is 5.73 Å². The van der Waals surface area contributed by atoms with Crippen LogP contribution in [0.15, 0.2) is 51.3 Å². The number of halogens is 8. The van der Waals surface area contributed by atoms with Gasteiger partial charge >= 0.3 is 23.1 Å². The number of alkyl halides is 7. The highest BCUT2D eigenvalue weighted by atomic mass is 35.5. The standard InChI is InChI=1S/C18H21ClFN3O4S2.C2F6O4S/c1-13-10-15(28(24,25)17-4-2-3-7-22-17)16(11-14(13)19)29(26,27)23-8-5-18(20,12-21)6-9-23;3-1(4,5)11-13(9,10)12-2(6,7)8/h2-4,7,10-11H,5-6,8-9,12,21H2,1H3;. The van der Waals surface area contributed by atoms with E-state index < -0.39 is 58.4 Å². The highest BCUT2D eigenvalue weighted by molar-refractivity contribution is 7.93. The highest BCUT2D eigenvalue weighted by Gasteiger charge is 2.45. The van der Waals surface area contributed by atoms with Crippen LogP contribution in [0.5, 0.6) is 0 Å². The van der Waals surface area contributed by atoms with Crippen molar-refractivity contribution in [1.29, 1.82) is 0 Å². The lowest BCUT2D eigenvalue weighted by Crippen LogP contribution is -2.47.